The largest absolute Gasteiger partial charge is 0.494 e. The van der Waals surface area contributed by atoms with Crippen LogP contribution in [-0.2, 0) is 16.4 Å². The standard InChI is InChI=1S/C21H22ClNO4S/c1-23-12-17-8-15(2-3-20(17)21(23)24)16-9-18(22)11-19(10-16)27-6-4-14-5-7-28(25,26)13-14/h2-3,8-11,14H,4-7,12-13H2,1H3. The zero-order valence-electron chi connectivity index (χ0n) is 15.7. The lowest BCUT2D eigenvalue weighted by Crippen LogP contribution is -2.17. The molecule has 5 nitrogen and oxygen atoms in total. The third kappa shape index (κ3) is 4.03. The van der Waals surface area contributed by atoms with E-state index in [1.54, 1.807) is 18.0 Å². The average Bonchev–Trinajstić information content (AvgIpc) is 3.13. The van der Waals surface area contributed by atoms with Crippen LogP contribution in [0.3, 0.4) is 0 Å². The molecule has 2 aliphatic rings. The highest BCUT2D eigenvalue weighted by atomic mass is 35.5. The molecule has 2 heterocycles. The molecule has 2 aliphatic heterocycles. The zero-order chi connectivity index (χ0) is 19.9. The second-order valence-corrected chi connectivity index (χ2v) is 10.3. The molecule has 1 saturated heterocycles. The Bertz CT molecular complexity index is 1030. The van der Waals surface area contributed by atoms with Crippen LogP contribution in [-0.4, -0.2) is 44.4 Å². The summed E-state index contributed by atoms with van der Waals surface area (Å²) in [6.45, 7) is 1.07. The summed E-state index contributed by atoms with van der Waals surface area (Å²) >= 11 is 6.29. The normalized spacial score (nSPS) is 20.4. The molecule has 0 N–H and O–H groups in total. The molecule has 0 spiro atoms. The molecule has 0 radical (unpaired) electrons. The van der Waals surface area contributed by atoms with Gasteiger partial charge in [0.1, 0.15) is 5.75 Å². The number of hydrogen-bond acceptors (Lipinski definition) is 4. The maximum Gasteiger partial charge on any atom is 0.254 e. The van der Waals surface area contributed by atoms with E-state index in [1.807, 2.05) is 30.3 Å². The highest BCUT2D eigenvalue weighted by Crippen LogP contribution is 2.32. The summed E-state index contributed by atoms with van der Waals surface area (Å²) in [5.41, 5.74) is 3.66. The van der Waals surface area contributed by atoms with Crippen LogP contribution >= 0.6 is 11.6 Å². The second-order valence-electron chi connectivity index (χ2n) is 7.61. The molecule has 0 aromatic heterocycles. The van der Waals surface area contributed by atoms with Gasteiger partial charge in [-0.3, -0.25) is 4.79 Å². The van der Waals surface area contributed by atoms with Gasteiger partial charge in [0, 0.05) is 24.2 Å². The summed E-state index contributed by atoms with van der Waals surface area (Å²) in [7, 11) is -1.06. The Hall–Kier alpha value is -2.05. The Kier molecular flexibility index (Phi) is 5.10. The molecule has 4 rings (SSSR count). The van der Waals surface area contributed by atoms with Crippen LogP contribution in [0, 0.1) is 5.92 Å². The minimum Gasteiger partial charge on any atom is -0.494 e. The fourth-order valence-corrected chi connectivity index (χ4v) is 6.04. The van der Waals surface area contributed by atoms with Gasteiger partial charge in [-0.25, -0.2) is 8.42 Å². The van der Waals surface area contributed by atoms with Crippen LogP contribution in [0.15, 0.2) is 36.4 Å². The van der Waals surface area contributed by atoms with Gasteiger partial charge < -0.3 is 9.64 Å². The van der Waals surface area contributed by atoms with Gasteiger partial charge in [0.05, 0.1) is 18.1 Å². The number of hydrogen-bond donors (Lipinski definition) is 0. The Morgan fingerprint density at radius 1 is 1.18 bits per heavy atom. The first kappa shape index (κ1) is 19.3. The van der Waals surface area contributed by atoms with Crippen molar-refractivity contribution < 1.29 is 17.9 Å². The number of ether oxygens (including phenoxy) is 1. The third-order valence-corrected chi connectivity index (χ3v) is 7.47. The first-order chi connectivity index (χ1) is 13.3. The van der Waals surface area contributed by atoms with Gasteiger partial charge in [-0.05, 0) is 65.8 Å². The van der Waals surface area contributed by atoms with Gasteiger partial charge in [0.15, 0.2) is 9.84 Å². The van der Waals surface area contributed by atoms with Crippen molar-refractivity contribution in [3.05, 3.63) is 52.5 Å². The molecule has 1 amide bonds. The van der Waals surface area contributed by atoms with E-state index in [1.165, 1.54) is 0 Å². The fraction of sp³-hybridized carbons (Fsp3) is 0.381. The van der Waals surface area contributed by atoms with Crippen molar-refractivity contribution in [1.82, 2.24) is 4.90 Å². The number of amides is 1. The van der Waals surface area contributed by atoms with Crippen molar-refractivity contribution in [2.24, 2.45) is 5.92 Å². The van der Waals surface area contributed by atoms with E-state index in [-0.39, 0.29) is 23.3 Å². The molecule has 1 unspecified atom stereocenters. The van der Waals surface area contributed by atoms with Gasteiger partial charge in [-0.1, -0.05) is 17.7 Å². The monoisotopic (exact) mass is 419 g/mol. The van der Waals surface area contributed by atoms with Crippen LogP contribution in [0.5, 0.6) is 5.75 Å². The Morgan fingerprint density at radius 2 is 2.00 bits per heavy atom. The molecule has 28 heavy (non-hydrogen) atoms. The molecule has 7 heteroatoms. The van der Waals surface area contributed by atoms with Crippen molar-refractivity contribution in [3.8, 4) is 16.9 Å². The predicted octanol–water partition coefficient (Wildman–Crippen LogP) is 3.80. The van der Waals surface area contributed by atoms with Crippen LogP contribution in [0.25, 0.3) is 11.1 Å². The molecular formula is C21H22ClNO4S. The number of sulfone groups is 1. The number of nitrogens with zero attached hydrogens (tertiary/aromatic N) is 1. The fourth-order valence-electron chi connectivity index (χ4n) is 3.90. The lowest BCUT2D eigenvalue weighted by Gasteiger charge is -2.12. The summed E-state index contributed by atoms with van der Waals surface area (Å²) in [6.07, 6.45) is 1.43. The number of fused-ring (bicyclic) bond motifs is 1. The lowest BCUT2D eigenvalue weighted by atomic mass is 10.0. The molecule has 2 aromatic rings. The van der Waals surface area contributed by atoms with Crippen molar-refractivity contribution in [3.63, 3.8) is 0 Å². The van der Waals surface area contributed by atoms with Gasteiger partial charge in [0.2, 0.25) is 0 Å². The van der Waals surface area contributed by atoms with E-state index in [0.717, 1.165) is 28.7 Å². The van der Waals surface area contributed by atoms with Crippen molar-refractivity contribution in [2.45, 2.75) is 19.4 Å². The maximum absolute atomic E-state index is 12.1. The van der Waals surface area contributed by atoms with Gasteiger partial charge >= 0.3 is 0 Å². The van der Waals surface area contributed by atoms with Crippen molar-refractivity contribution in [1.29, 1.82) is 0 Å². The molecule has 2 aromatic carbocycles. The Labute approximate surface area is 170 Å². The minimum absolute atomic E-state index is 0.0468. The summed E-state index contributed by atoms with van der Waals surface area (Å²) in [5.74, 6) is 1.44. The average molecular weight is 420 g/mol. The van der Waals surface area contributed by atoms with E-state index in [0.29, 0.717) is 30.3 Å². The number of carbonyl (C=O) groups is 1. The first-order valence-corrected chi connectivity index (χ1v) is 11.5. The van der Waals surface area contributed by atoms with E-state index < -0.39 is 9.84 Å². The smallest absolute Gasteiger partial charge is 0.254 e. The van der Waals surface area contributed by atoms with Gasteiger partial charge in [0.25, 0.3) is 5.91 Å². The van der Waals surface area contributed by atoms with Gasteiger partial charge in [-0.2, -0.15) is 0 Å². The van der Waals surface area contributed by atoms with Gasteiger partial charge in [-0.15, -0.1) is 0 Å². The molecule has 0 saturated carbocycles. The molecule has 1 fully saturated rings. The van der Waals surface area contributed by atoms with E-state index in [9.17, 15) is 13.2 Å². The minimum atomic E-state index is -2.86. The number of benzene rings is 2. The summed E-state index contributed by atoms with van der Waals surface area (Å²) in [6, 6.07) is 11.4. The van der Waals surface area contributed by atoms with Crippen LogP contribution in [0.2, 0.25) is 5.02 Å². The Morgan fingerprint density at radius 3 is 2.75 bits per heavy atom. The quantitative estimate of drug-likeness (QED) is 0.739. The van der Waals surface area contributed by atoms with E-state index in [2.05, 4.69) is 0 Å². The van der Waals surface area contributed by atoms with Crippen LogP contribution < -0.4 is 4.74 Å². The van der Waals surface area contributed by atoms with Crippen molar-refractivity contribution >= 4 is 27.3 Å². The number of carbonyl (C=O) groups excluding carboxylic acids is 1. The zero-order valence-corrected chi connectivity index (χ0v) is 17.2. The topological polar surface area (TPSA) is 63.7 Å². The second kappa shape index (κ2) is 7.41. The lowest BCUT2D eigenvalue weighted by molar-refractivity contribution is 0.0816. The molecule has 0 bridgehead atoms. The molecule has 0 aliphatic carbocycles. The molecular weight excluding hydrogens is 398 g/mol. The first-order valence-electron chi connectivity index (χ1n) is 9.33. The third-order valence-electron chi connectivity index (χ3n) is 5.42. The van der Waals surface area contributed by atoms with Crippen LogP contribution in [0.1, 0.15) is 28.8 Å². The summed E-state index contributed by atoms with van der Waals surface area (Å²) in [4.78, 5) is 13.8. The summed E-state index contributed by atoms with van der Waals surface area (Å²) in [5, 5.41) is 0.574. The molecule has 1 atom stereocenters. The highest BCUT2D eigenvalue weighted by Gasteiger charge is 2.27. The molecule has 148 valence electrons. The maximum atomic E-state index is 12.1. The number of rotatable bonds is 5. The SMILES string of the molecule is CN1Cc2cc(-c3cc(Cl)cc(OCCC4CCS(=O)(=O)C4)c3)ccc2C1=O. The number of halogens is 1. The van der Waals surface area contributed by atoms with E-state index in [4.69, 9.17) is 16.3 Å². The van der Waals surface area contributed by atoms with Crippen molar-refractivity contribution in [2.75, 3.05) is 25.2 Å². The van der Waals surface area contributed by atoms with E-state index >= 15 is 0 Å². The Balaban J connectivity index is 1.47. The summed E-state index contributed by atoms with van der Waals surface area (Å²) < 4.78 is 29.0. The highest BCUT2D eigenvalue weighted by molar-refractivity contribution is 7.91. The van der Waals surface area contributed by atoms with Crippen LogP contribution in [0.4, 0.5) is 0 Å². The predicted molar refractivity (Wildman–Crippen MR) is 110 cm³/mol.